The van der Waals surface area contributed by atoms with Crippen molar-refractivity contribution >= 4 is 17.7 Å². The Kier molecular flexibility index (Phi) is 6.11. The van der Waals surface area contributed by atoms with Gasteiger partial charge in [0.25, 0.3) is 5.91 Å². The standard InChI is InChI=1S/C19H23NO2S/c1-14-5-9-17(10-6-14)22-15(2)19(21)20(3)13-16-7-11-18(23-4)12-8-16/h5-12,15H,13H2,1-4H3. The van der Waals surface area contributed by atoms with E-state index in [9.17, 15) is 4.79 Å². The molecule has 0 radical (unpaired) electrons. The highest BCUT2D eigenvalue weighted by molar-refractivity contribution is 7.98. The second kappa shape index (κ2) is 8.06. The van der Waals surface area contributed by atoms with E-state index in [1.54, 1.807) is 30.6 Å². The van der Waals surface area contributed by atoms with E-state index in [1.807, 2.05) is 31.2 Å². The molecule has 0 saturated heterocycles. The van der Waals surface area contributed by atoms with Crippen molar-refractivity contribution in [1.82, 2.24) is 4.90 Å². The first-order valence-corrected chi connectivity index (χ1v) is 8.83. The Hall–Kier alpha value is -1.94. The normalized spacial score (nSPS) is 11.8. The zero-order valence-corrected chi connectivity index (χ0v) is 14.9. The van der Waals surface area contributed by atoms with Crippen LogP contribution < -0.4 is 4.74 Å². The SMILES string of the molecule is CSc1ccc(CN(C)C(=O)C(C)Oc2ccc(C)cc2)cc1. The maximum absolute atomic E-state index is 12.4. The van der Waals surface area contributed by atoms with Crippen LogP contribution in [0, 0.1) is 6.92 Å². The number of aryl methyl sites for hydroxylation is 1. The van der Waals surface area contributed by atoms with E-state index in [0.717, 1.165) is 5.56 Å². The van der Waals surface area contributed by atoms with Crippen LogP contribution in [-0.2, 0) is 11.3 Å². The molecule has 0 aromatic heterocycles. The summed E-state index contributed by atoms with van der Waals surface area (Å²) in [4.78, 5) is 15.4. The molecule has 1 atom stereocenters. The van der Waals surface area contributed by atoms with Gasteiger partial charge in [0, 0.05) is 18.5 Å². The summed E-state index contributed by atoms with van der Waals surface area (Å²) in [6, 6.07) is 16.0. The van der Waals surface area contributed by atoms with Crippen molar-refractivity contribution in [2.75, 3.05) is 13.3 Å². The fourth-order valence-corrected chi connectivity index (χ4v) is 2.67. The van der Waals surface area contributed by atoms with Crippen LogP contribution in [0.4, 0.5) is 0 Å². The minimum absolute atomic E-state index is 0.0282. The molecule has 0 heterocycles. The minimum Gasteiger partial charge on any atom is -0.481 e. The van der Waals surface area contributed by atoms with Crippen molar-refractivity contribution in [3.05, 3.63) is 59.7 Å². The average Bonchev–Trinajstić information content (AvgIpc) is 2.56. The molecule has 0 saturated carbocycles. The van der Waals surface area contributed by atoms with Crippen LogP contribution in [0.5, 0.6) is 5.75 Å². The quantitative estimate of drug-likeness (QED) is 0.746. The molecule has 0 aliphatic rings. The Morgan fingerprint density at radius 3 is 2.30 bits per heavy atom. The lowest BCUT2D eigenvalue weighted by Gasteiger charge is -2.22. The fraction of sp³-hybridized carbons (Fsp3) is 0.316. The largest absolute Gasteiger partial charge is 0.481 e. The average molecular weight is 329 g/mol. The number of amides is 1. The zero-order valence-electron chi connectivity index (χ0n) is 14.1. The first-order valence-electron chi connectivity index (χ1n) is 7.61. The lowest BCUT2D eigenvalue weighted by Crippen LogP contribution is -2.37. The van der Waals surface area contributed by atoms with E-state index in [4.69, 9.17) is 4.74 Å². The van der Waals surface area contributed by atoms with Crippen LogP contribution in [0.1, 0.15) is 18.1 Å². The van der Waals surface area contributed by atoms with Crippen molar-refractivity contribution in [2.45, 2.75) is 31.4 Å². The smallest absolute Gasteiger partial charge is 0.263 e. The molecule has 2 rings (SSSR count). The number of ether oxygens (including phenoxy) is 1. The molecular formula is C19H23NO2S. The second-order valence-electron chi connectivity index (χ2n) is 5.62. The Morgan fingerprint density at radius 2 is 1.74 bits per heavy atom. The van der Waals surface area contributed by atoms with Gasteiger partial charge in [-0.25, -0.2) is 0 Å². The number of hydrogen-bond acceptors (Lipinski definition) is 3. The molecule has 0 spiro atoms. The van der Waals surface area contributed by atoms with Gasteiger partial charge < -0.3 is 9.64 Å². The number of thioether (sulfide) groups is 1. The van der Waals surface area contributed by atoms with Gasteiger partial charge in [0.1, 0.15) is 5.75 Å². The Balaban J connectivity index is 1.93. The van der Waals surface area contributed by atoms with E-state index in [2.05, 4.69) is 30.5 Å². The summed E-state index contributed by atoms with van der Waals surface area (Å²) in [6.45, 7) is 4.39. The summed E-state index contributed by atoms with van der Waals surface area (Å²) in [5.41, 5.74) is 2.28. The van der Waals surface area contributed by atoms with Crippen molar-refractivity contribution < 1.29 is 9.53 Å². The van der Waals surface area contributed by atoms with Gasteiger partial charge in [-0.3, -0.25) is 4.79 Å². The van der Waals surface area contributed by atoms with Gasteiger partial charge >= 0.3 is 0 Å². The van der Waals surface area contributed by atoms with Gasteiger partial charge in [-0.2, -0.15) is 0 Å². The van der Waals surface area contributed by atoms with Crippen LogP contribution in [0.15, 0.2) is 53.4 Å². The van der Waals surface area contributed by atoms with Gasteiger partial charge in [-0.15, -0.1) is 11.8 Å². The van der Waals surface area contributed by atoms with Crippen LogP contribution in [-0.4, -0.2) is 30.2 Å². The first kappa shape index (κ1) is 17.4. The molecule has 2 aromatic carbocycles. The number of hydrogen-bond donors (Lipinski definition) is 0. The summed E-state index contributed by atoms with van der Waals surface area (Å²) < 4.78 is 5.73. The van der Waals surface area contributed by atoms with Gasteiger partial charge in [0.05, 0.1) is 0 Å². The molecule has 4 heteroatoms. The second-order valence-corrected chi connectivity index (χ2v) is 6.50. The number of rotatable bonds is 6. The van der Waals surface area contributed by atoms with Crippen molar-refractivity contribution in [3.63, 3.8) is 0 Å². The van der Waals surface area contributed by atoms with Crippen molar-refractivity contribution in [1.29, 1.82) is 0 Å². The first-order chi connectivity index (χ1) is 11.0. The van der Waals surface area contributed by atoms with E-state index >= 15 is 0 Å². The third-order valence-electron chi connectivity index (χ3n) is 3.64. The maximum atomic E-state index is 12.4. The number of likely N-dealkylation sites (N-methyl/N-ethyl adjacent to an activating group) is 1. The van der Waals surface area contributed by atoms with Crippen molar-refractivity contribution in [3.8, 4) is 5.75 Å². The summed E-state index contributed by atoms with van der Waals surface area (Å²) in [6.07, 6.45) is 1.54. The summed E-state index contributed by atoms with van der Waals surface area (Å²) in [7, 11) is 1.81. The Morgan fingerprint density at radius 1 is 1.13 bits per heavy atom. The highest BCUT2D eigenvalue weighted by atomic mass is 32.2. The summed E-state index contributed by atoms with van der Waals surface area (Å²) in [5, 5.41) is 0. The van der Waals surface area contributed by atoms with Gasteiger partial charge in [-0.1, -0.05) is 29.8 Å². The molecule has 0 aliphatic carbocycles. The van der Waals surface area contributed by atoms with E-state index in [-0.39, 0.29) is 5.91 Å². The molecule has 1 amide bonds. The van der Waals surface area contributed by atoms with E-state index in [1.165, 1.54) is 10.5 Å². The molecule has 3 nitrogen and oxygen atoms in total. The lowest BCUT2D eigenvalue weighted by molar-refractivity contribution is -0.137. The van der Waals surface area contributed by atoms with E-state index < -0.39 is 6.10 Å². The Bertz CT molecular complexity index is 637. The van der Waals surface area contributed by atoms with Gasteiger partial charge in [0.2, 0.25) is 0 Å². The highest BCUT2D eigenvalue weighted by Gasteiger charge is 2.19. The van der Waals surface area contributed by atoms with Crippen molar-refractivity contribution in [2.24, 2.45) is 0 Å². The monoisotopic (exact) mass is 329 g/mol. The molecule has 0 fully saturated rings. The third-order valence-corrected chi connectivity index (χ3v) is 4.38. The summed E-state index contributed by atoms with van der Waals surface area (Å²) >= 11 is 1.71. The zero-order chi connectivity index (χ0) is 16.8. The predicted octanol–water partition coefficient (Wildman–Crippen LogP) is 4.14. The number of nitrogens with zero attached hydrogens (tertiary/aromatic N) is 1. The lowest BCUT2D eigenvalue weighted by atomic mass is 10.2. The third kappa shape index (κ3) is 5.03. The molecular weight excluding hydrogens is 306 g/mol. The molecule has 0 N–H and O–H groups in total. The van der Waals surface area contributed by atoms with Crippen LogP contribution >= 0.6 is 11.8 Å². The molecule has 23 heavy (non-hydrogen) atoms. The predicted molar refractivity (Wildman–Crippen MR) is 96.0 cm³/mol. The molecule has 0 bridgehead atoms. The highest BCUT2D eigenvalue weighted by Crippen LogP contribution is 2.17. The van der Waals surface area contributed by atoms with Gasteiger partial charge in [0.15, 0.2) is 6.10 Å². The molecule has 122 valence electrons. The van der Waals surface area contributed by atoms with Crippen LogP contribution in [0.2, 0.25) is 0 Å². The number of benzene rings is 2. The molecule has 2 aromatic rings. The van der Waals surface area contributed by atoms with Crippen LogP contribution in [0.3, 0.4) is 0 Å². The fourth-order valence-electron chi connectivity index (χ4n) is 2.26. The number of carbonyl (C=O) groups excluding carboxylic acids is 1. The Labute approximate surface area is 142 Å². The summed E-state index contributed by atoms with van der Waals surface area (Å²) in [5.74, 6) is 0.689. The van der Waals surface area contributed by atoms with E-state index in [0.29, 0.717) is 12.3 Å². The minimum atomic E-state index is -0.506. The topological polar surface area (TPSA) is 29.5 Å². The van der Waals surface area contributed by atoms with Crippen LogP contribution in [0.25, 0.3) is 0 Å². The molecule has 0 aliphatic heterocycles. The number of carbonyl (C=O) groups is 1. The maximum Gasteiger partial charge on any atom is 0.263 e. The van der Waals surface area contributed by atoms with Gasteiger partial charge in [-0.05, 0) is 49.9 Å². The molecule has 1 unspecified atom stereocenters.